The third-order valence-corrected chi connectivity index (χ3v) is 1.39. The Bertz CT molecular complexity index is 157. The van der Waals surface area contributed by atoms with Crippen molar-refractivity contribution in [1.82, 2.24) is 0 Å². The number of phosphoric acid groups is 1. The normalized spacial score (nSPS) is 15.8. The average Bonchev–Trinajstić information content (AvgIpc) is 1.97. The SMILES string of the molecule is C=CCOP(=O)(O)OOCC. The summed E-state index contributed by atoms with van der Waals surface area (Å²) in [4.78, 5) is 12.9. The molecule has 0 spiro atoms. The molecule has 66 valence electrons. The van der Waals surface area contributed by atoms with E-state index in [-0.39, 0.29) is 13.2 Å². The lowest BCUT2D eigenvalue weighted by Crippen LogP contribution is -1.96. The van der Waals surface area contributed by atoms with Crippen molar-refractivity contribution in [2.45, 2.75) is 6.92 Å². The van der Waals surface area contributed by atoms with E-state index in [0.29, 0.717) is 0 Å². The van der Waals surface area contributed by atoms with Gasteiger partial charge >= 0.3 is 7.82 Å². The number of rotatable bonds is 6. The van der Waals surface area contributed by atoms with E-state index in [0.717, 1.165) is 0 Å². The molecule has 5 nitrogen and oxygen atoms in total. The van der Waals surface area contributed by atoms with Gasteiger partial charge in [-0.2, -0.15) is 0 Å². The summed E-state index contributed by atoms with van der Waals surface area (Å²) in [5.41, 5.74) is 0. The van der Waals surface area contributed by atoms with E-state index in [2.05, 4.69) is 20.7 Å². The maximum atomic E-state index is 10.7. The molecule has 0 bridgehead atoms. The molecule has 0 rings (SSSR count). The number of hydrogen-bond acceptors (Lipinski definition) is 4. The van der Waals surface area contributed by atoms with Gasteiger partial charge in [0.1, 0.15) is 0 Å². The van der Waals surface area contributed by atoms with E-state index >= 15 is 0 Å². The first-order valence-corrected chi connectivity index (χ1v) is 4.51. The van der Waals surface area contributed by atoms with Gasteiger partial charge in [-0.05, 0) is 6.92 Å². The summed E-state index contributed by atoms with van der Waals surface area (Å²) >= 11 is 0. The Morgan fingerprint density at radius 1 is 1.73 bits per heavy atom. The van der Waals surface area contributed by atoms with Crippen molar-refractivity contribution < 1.29 is 23.5 Å². The van der Waals surface area contributed by atoms with Crippen LogP contribution in [0.2, 0.25) is 0 Å². The third kappa shape index (κ3) is 6.22. The fourth-order valence-electron chi connectivity index (χ4n) is 0.288. The summed E-state index contributed by atoms with van der Waals surface area (Å²) in [7, 11) is -4.02. The predicted molar refractivity (Wildman–Crippen MR) is 38.7 cm³/mol. The molecule has 0 amide bonds. The molecule has 0 fully saturated rings. The van der Waals surface area contributed by atoms with Crippen LogP contribution in [0.1, 0.15) is 6.92 Å². The average molecular weight is 182 g/mol. The Kier molecular flexibility index (Phi) is 5.36. The van der Waals surface area contributed by atoms with Gasteiger partial charge in [0.25, 0.3) is 0 Å². The summed E-state index contributed by atoms with van der Waals surface area (Å²) < 4.78 is 19.0. The summed E-state index contributed by atoms with van der Waals surface area (Å²) in [6.45, 7) is 5.04. The van der Waals surface area contributed by atoms with Gasteiger partial charge in [0, 0.05) is 0 Å². The van der Waals surface area contributed by atoms with Crippen molar-refractivity contribution >= 4 is 7.82 Å². The molecule has 0 aliphatic carbocycles. The van der Waals surface area contributed by atoms with Crippen LogP contribution in [0.25, 0.3) is 0 Å². The standard InChI is InChI=1S/C5H11O5P/c1-3-5-9-11(6,7)10-8-4-2/h3H,1,4-5H2,2H3,(H,6,7). The topological polar surface area (TPSA) is 65.0 Å². The summed E-state index contributed by atoms with van der Waals surface area (Å²) in [5, 5.41) is 0. The minimum Gasteiger partial charge on any atom is -0.301 e. The van der Waals surface area contributed by atoms with Gasteiger partial charge in [-0.1, -0.05) is 6.08 Å². The van der Waals surface area contributed by atoms with Crippen molar-refractivity contribution in [1.29, 1.82) is 0 Å². The van der Waals surface area contributed by atoms with Crippen LogP contribution in [0.15, 0.2) is 12.7 Å². The zero-order valence-corrected chi connectivity index (χ0v) is 7.12. The first kappa shape index (κ1) is 10.8. The Morgan fingerprint density at radius 2 is 2.36 bits per heavy atom. The molecule has 0 aromatic heterocycles. The highest BCUT2D eigenvalue weighted by Gasteiger charge is 2.21. The first-order chi connectivity index (χ1) is 5.12. The molecule has 6 heteroatoms. The van der Waals surface area contributed by atoms with E-state index in [4.69, 9.17) is 4.89 Å². The maximum Gasteiger partial charge on any atom is 0.499 e. The predicted octanol–water partition coefficient (Wildman–Crippen LogP) is 1.26. The van der Waals surface area contributed by atoms with Gasteiger partial charge in [-0.25, -0.2) is 9.45 Å². The van der Waals surface area contributed by atoms with E-state index in [1.54, 1.807) is 6.92 Å². The van der Waals surface area contributed by atoms with Crippen LogP contribution < -0.4 is 0 Å². The molecule has 11 heavy (non-hydrogen) atoms. The van der Waals surface area contributed by atoms with Crippen molar-refractivity contribution in [3.8, 4) is 0 Å². The molecule has 1 N–H and O–H groups in total. The van der Waals surface area contributed by atoms with Gasteiger partial charge < -0.3 is 4.89 Å². The highest BCUT2D eigenvalue weighted by Crippen LogP contribution is 2.43. The van der Waals surface area contributed by atoms with Crippen LogP contribution >= 0.6 is 7.82 Å². The maximum absolute atomic E-state index is 10.7. The largest absolute Gasteiger partial charge is 0.499 e. The quantitative estimate of drug-likeness (QED) is 0.290. The van der Waals surface area contributed by atoms with Crippen LogP contribution in [-0.2, 0) is 18.7 Å². The fraction of sp³-hybridized carbons (Fsp3) is 0.600. The van der Waals surface area contributed by atoms with Crippen LogP contribution in [0.3, 0.4) is 0 Å². The minimum atomic E-state index is -4.02. The second-order valence-corrected chi connectivity index (χ2v) is 2.88. The molecule has 0 aromatic carbocycles. The second-order valence-electron chi connectivity index (χ2n) is 1.53. The monoisotopic (exact) mass is 182 g/mol. The van der Waals surface area contributed by atoms with Crippen LogP contribution in [0, 0.1) is 0 Å². The Morgan fingerprint density at radius 3 is 2.82 bits per heavy atom. The molecule has 0 heterocycles. The lowest BCUT2D eigenvalue weighted by atomic mass is 10.7. The number of phosphoric ester groups is 1. The molecular weight excluding hydrogens is 171 g/mol. The van der Waals surface area contributed by atoms with Crippen LogP contribution in [-0.4, -0.2) is 18.1 Å². The lowest BCUT2D eigenvalue weighted by molar-refractivity contribution is -0.219. The Hall–Kier alpha value is -0.190. The molecule has 1 atom stereocenters. The van der Waals surface area contributed by atoms with Gasteiger partial charge in [0.15, 0.2) is 0 Å². The van der Waals surface area contributed by atoms with Gasteiger partial charge in [0.05, 0.1) is 13.2 Å². The zero-order valence-electron chi connectivity index (χ0n) is 6.23. The van der Waals surface area contributed by atoms with Crippen LogP contribution in [0.5, 0.6) is 0 Å². The lowest BCUT2D eigenvalue weighted by Gasteiger charge is -2.07. The van der Waals surface area contributed by atoms with Crippen molar-refractivity contribution in [2.75, 3.05) is 13.2 Å². The first-order valence-electron chi connectivity index (χ1n) is 3.02. The fourth-order valence-corrected chi connectivity index (χ4v) is 0.863. The van der Waals surface area contributed by atoms with Gasteiger partial charge in [-0.15, -0.1) is 11.3 Å². The summed E-state index contributed by atoms with van der Waals surface area (Å²) in [5.74, 6) is 0. The van der Waals surface area contributed by atoms with E-state index in [1.807, 2.05) is 0 Å². The molecule has 0 aliphatic heterocycles. The van der Waals surface area contributed by atoms with Crippen molar-refractivity contribution in [2.24, 2.45) is 0 Å². The molecule has 0 saturated carbocycles. The zero-order chi connectivity index (χ0) is 8.74. The summed E-state index contributed by atoms with van der Waals surface area (Å²) in [6.07, 6.45) is 1.33. The van der Waals surface area contributed by atoms with E-state index < -0.39 is 7.82 Å². The minimum absolute atomic E-state index is 0.0547. The molecular formula is C5H11O5P. The second kappa shape index (κ2) is 5.46. The summed E-state index contributed by atoms with van der Waals surface area (Å²) in [6, 6.07) is 0. The van der Waals surface area contributed by atoms with Crippen molar-refractivity contribution in [3.63, 3.8) is 0 Å². The Labute approximate surface area is 65.1 Å². The molecule has 0 aromatic rings. The highest BCUT2D eigenvalue weighted by atomic mass is 31.2. The Balaban J connectivity index is 3.61. The van der Waals surface area contributed by atoms with Gasteiger partial charge in [0.2, 0.25) is 0 Å². The number of hydrogen-bond donors (Lipinski definition) is 1. The third-order valence-electron chi connectivity index (χ3n) is 0.620. The molecule has 1 unspecified atom stereocenters. The van der Waals surface area contributed by atoms with E-state index in [9.17, 15) is 4.57 Å². The smallest absolute Gasteiger partial charge is 0.301 e. The molecule has 0 radical (unpaired) electrons. The van der Waals surface area contributed by atoms with Gasteiger partial charge in [-0.3, -0.25) is 4.52 Å². The van der Waals surface area contributed by atoms with Crippen LogP contribution in [0.4, 0.5) is 0 Å². The molecule has 0 saturated heterocycles. The van der Waals surface area contributed by atoms with E-state index in [1.165, 1.54) is 6.08 Å². The van der Waals surface area contributed by atoms with Crippen molar-refractivity contribution in [3.05, 3.63) is 12.7 Å². The highest BCUT2D eigenvalue weighted by molar-refractivity contribution is 7.47. The molecule has 0 aliphatic rings.